The SMILES string of the molecule is O=C(N/C=C/C1CCCCC1)Nc1ccc(Cl)cc1. The Morgan fingerprint density at radius 2 is 1.84 bits per heavy atom. The maximum atomic E-state index is 11.6. The summed E-state index contributed by atoms with van der Waals surface area (Å²) in [5.41, 5.74) is 0.730. The molecule has 1 aromatic carbocycles. The van der Waals surface area contributed by atoms with Gasteiger partial charge >= 0.3 is 6.03 Å². The van der Waals surface area contributed by atoms with Gasteiger partial charge in [-0.3, -0.25) is 0 Å². The van der Waals surface area contributed by atoms with Crippen molar-refractivity contribution < 1.29 is 4.79 Å². The van der Waals surface area contributed by atoms with E-state index in [1.54, 1.807) is 30.5 Å². The van der Waals surface area contributed by atoms with Crippen LogP contribution in [-0.2, 0) is 0 Å². The fourth-order valence-corrected chi connectivity index (χ4v) is 2.41. The zero-order valence-corrected chi connectivity index (χ0v) is 11.6. The highest BCUT2D eigenvalue weighted by Gasteiger charge is 2.09. The number of hydrogen-bond acceptors (Lipinski definition) is 1. The van der Waals surface area contributed by atoms with Crippen LogP contribution in [0, 0.1) is 5.92 Å². The summed E-state index contributed by atoms with van der Waals surface area (Å²) < 4.78 is 0. The van der Waals surface area contributed by atoms with Crippen molar-refractivity contribution in [1.29, 1.82) is 0 Å². The predicted octanol–water partition coefficient (Wildman–Crippen LogP) is 4.56. The average Bonchev–Trinajstić information content (AvgIpc) is 2.43. The molecule has 0 bridgehead atoms. The molecule has 1 fully saturated rings. The fourth-order valence-electron chi connectivity index (χ4n) is 2.29. The number of carbonyl (C=O) groups excluding carboxylic acids is 1. The summed E-state index contributed by atoms with van der Waals surface area (Å²) in [6.07, 6.45) is 10.3. The van der Waals surface area contributed by atoms with Gasteiger partial charge in [-0.05, 0) is 43.0 Å². The van der Waals surface area contributed by atoms with E-state index in [0.29, 0.717) is 10.9 Å². The number of hydrogen-bond donors (Lipinski definition) is 2. The summed E-state index contributed by atoms with van der Waals surface area (Å²) in [5, 5.41) is 6.13. The Morgan fingerprint density at radius 1 is 1.16 bits per heavy atom. The van der Waals surface area contributed by atoms with Crippen molar-refractivity contribution >= 4 is 23.3 Å². The van der Waals surface area contributed by atoms with Gasteiger partial charge in [0, 0.05) is 16.9 Å². The molecular weight excluding hydrogens is 260 g/mol. The number of urea groups is 1. The molecule has 2 rings (SSSR count). The first-order valence-electron chi connectivity index (χ1n) is 6.74. The zero-order valence-electron chi connectivity index (χ0n) is 10.9. The van der Waals surface area contributed by atoms with Crippen molar-refractivity contribution in [1.82, 2.24) is 5.32 Å². The second-order valence-electron chi connectivity index (χ2n) is 4.86. The van der Waals surface area contributed by atoms with Crippen molar-refractivity contribution in [3.63, 3.8) is 0 Å². The van der Waals surface area contributed by atoms with Crippen LogP contribution in [0.15, 0.2) is 36.5 Å². The lowest BCUT2D eigenvalue weighted by Crippen LogP contribution is -2.24. The Labute approximate surface area is 119 Å². The molecule has 0 spiro atoms. The maximum Gasteiger partial charge on any atom is 0.323 e. The van der Waals surface area contributed by atoms with Crippen LogP contribution in [0.4, 0.5) is 10.5 Å². The summed E-state index contributed by atoms with van der Waals surface area (Å²) in [6.45, 7) is 0. The zero-order chi connectivity index (χ0) is 13.5. The average molecular weight is 279 g/mol. The van der Waals surface area contributed by atoms with Gasteiger partial charge in [0.15, 0.2) is 0 Å². The van der Waals surface area contributed by atoms with Gasteiger partial charge in [0.05, 0.1) is 0 Å². The van der Waals surface area contributed by atoms with Crippen molar-refractivity contribution in [2.24, 2.45) is 5.92 Å². The highest BCUT2D eigenvalue weighted by molar-refractivity contribution is 6.30. The van der Waals surface area contributed by atoms with Gasteiger partial charge < -0.3 is 10.6 Å². The Bertz CT molecular complexity index is 436. The Kier molecular flexibility index (Phi) is 5.28. The van der Waals surface area contributed by atoms with Crippen LogP contribution in [0.25, 0.3) is 0 Å². The molecule has 1 saturated carbocycles. The third kappa shape index (κ3) is 4.95. The summed E-state index contributed by atoms with van der Waals surface area (Å²) in [4.78, 5) is 11.6. The first-order valence-corrected chi connectivity index (χ1v) is 7.11. The van der Waals surface area contributed by atoms with Gasteiger partial charge in [-0.15, -0.1) is 0 Å². The summed E-state index contributed by atoms with van der Waals surface area (Å²) >= 11 is 5.78. The van der Waals surface area contributed by atoms with Gasteiger partial charge in [-0.2, -0.15) is 0 Å². The van der Waals surface area contributed by atoms with E-state index in [4.69, 9.17) is 11.6 Å². The van der Waals surface area contributed by atoms with Crippen LogP contribution in [0.1, 0.15) is 32.1 Å². The van der Waals surface area contributed by atoms with Crippen LogP contribution in [0.5, 0.6) is 0 Å². The molecule has 0 heterocycles. The first kappa shape index (κ1) is 13.9. The van der Waals surface area contributed by atoms with E-state index in [9.17, 15) is 4.79 Å². The second kappa shape index (κ2) is 7.19. The first-order chi connectivity index (χ1) is 9.24. The van der Waals surface area contributed by atoms with Crippen LogP contribution in [0.2, 0.25) is 5.02 Å². The number of anilines is 1. The number of allylic oxidation sites excluding steroid dienone is 1. The molecule has 1 aliphatic rings. The van der Waals surface area contributed by atoms with Gasteiger partial charge in [0.1, 0.15) is 0 Å². The third-order valence-corrected chi connectivity index (χ3v) is 3.59. The Morgan fingerprint density at radius 3 is 2.53 bits per heavy atom. The monoisotopic (exact) mass is 278 g/mol. The van der Waals surface area contributed by atoms with E-state index < -0.39 is 0 Å². The summed E-state index contributed by atoms with van der Waals surface area (Å²) in [7, 11) is 0. The minimum absolute atomic E-state index is 0.227. The molecule has 3 nitrogen and oxygen atoms in total. The van der Waals surface area contributed by atoms with Crippen molar-refractivity contribution in [3.05, 3.63) is 41.6 Å². The molecule has 0 aliphatic heterocycles. The topological polar surface area (TPSA) is 41.1 Å². The largest absolute Gasteiger partial charge is 0.323 e. The van der Waals surface area contributed by atoms with Gasteiger partial charge in [0.25, 0.3) is 0 Å². The number of halogens is 1. The smallest absolute Gasteiger partial charge is 0.315 e. The minimum atomic E-state index is -0.227. The lowest BCUT2D eigenvalue weighted by molar-refractivity contribution is 0.255. The van der Waals surface area contributed by atoms with Crippen LogP contribution < -0.4 is 10.6 Å². The van der Waals surface area contributed by atoms with Gasteiger partial charge in [0.2, 0.25) is 0 Å². The quantitative estimate of drug-likeness (QED) is 0.836. The molecule has 0 radical (unpaired) electrons. The van der Waals surface area contributed by atoms with Crippen LogP contribution in [-0.4, -0.2) is 6.03 Å². The Balaban J connectivity index is 1.74. The highest BCUT2D eigenvalue weighted by atomic mass is 35.5. The molecule has 0 unspecified atom stereocenters. The fraction of sp³-hybridized carbons (Fsp3) is 0.400. The molecule has 2 N–H and O–H groups in total. The molecule has 0 aromatic heterocycles. The maximum absolute atomic E-state index is 11.6. The van der Waals surface area contributed by atoms with E-state index >= 15 is 0 Å². The lowest BCUT2D eigenvalue weighted by atomic mass is 9.89. The summed E-state index contributed by atoms with van der Waals surface area (Å²) in [5.74, 6) is 0.615. The molecule has 102 valence electrons. The number of nitrogens with one attached hydrogen (secondary N) is 2. The number of amides is 2. The molecular formula is C15H19ClN2O. The molecule has 0 saturated heterocycles. The van der Waals surface area contributed by atoms with Crippen LogP contribution >= 0.6 is 11.6 Å². The number of rotatable bonds is 3. The van der Waals surface area contributed by atoms with Gasteiger partial charge in [-0.1, -0.05) is 36.9 Å². The van der Waals surface area contributed by atoms with E-state index in [-0.39, 0.29) is 6.03 Å². The second-order valence-corrected chi connectivity index (χ2v) is 5.30. The molecule has 4 heteroatoms. The van der Waals surface area contributed by atoms with Crippen molar-refractivity contribution in [3.8, 4) is 0 Å². The highest BCUT2D eigenvalue weighted by Crippen LogP contribution is 2.24. The van der Waals surface area contributed by atoms with Crippen molar-refractivity contribution in [2.75, 3.05) is 5.32 Å². The van der Waals surface area contributed by atoms with E-state index in [2.05, 4.69) is 16.7 Å². The molecule has 1 aliphatic carbocycles. The number of carbonyl (C=O) groups is 1. The molecule has 0 atom stereocenters. The lowest BCUT2D eigenvalue weighted by Gasteiger charge is -2.17. The van der Waals surface area contributed by atoms with Crippen LogP contribution in [0.3, 0.4) is 0 Å². The molecule has 2 amide bonds. The normalized spacial score (nSPS) is 16.5. The third-order valence-electron chi connectivity index (χ3n) is 3.33. The number of benzene rings is 1. The van der Waals surface area contributed by atoms with Crippen molar-refractivity contribution in [2.45, 2.75) is 32.1 Å². The molecule has 19 heavy (non-hydrogen) atoms. The molecule has 1 aromatic rings. The Hall–Kier alpha value is -1.48. The standard InChI is InChI=1S/C15H19ClN2O/c16-13-6-8-14(9-7-13)18-15(19)17-11-10-12-4-2-1-3-5-12/h6-12H,1-5H2,(H2,17,18,19)/b11-10+. The van der Waals surface area contributed by atoms with Gasteiger partial charge in [-0.25, -0.2) is 4.79 Å². The predicted molar refractivity (Wildman–Crippen MR) is 79.3 cm³/mol. The van der Waals surface area contributed by atoms with E-state index in [1.807, 2.05) is 0 Å². The summed E-state index contributed by atoms with van der Waals surface area (Å²) in [6, 6.07) is 6.80. The van der Waals surface area contributed by atoms with E-state index in [1.165, 1.54) is 32.1 Å². The minimum Gasteiger partial charge on any atom is -0.315 e. The van der Waals surface area contributed by atoms with E-state index in [0.717, 1.165) is 5.69 Å².